The van der Waals surface area contributed by atoms with E-state index in [0.29, 0.717) is 6.04 Å². The van der Waals surface area contributed by atoms with E-state index in [9.17, 15) is 0 Å². The Bertz CT molecular complexity index is 72.6. The van der Waals surface area contributed by atoms with E-state index < -0.39 is 0 Å². The third kappa shape index (κ3) is 3.52. The molecule has 1 nitrogen and oxygen atoms in total. The topological polar surface area (TPSA) is 26.0 Å². The highest BCUT2D eigenvalue weighted by atomic mass is 14.6. The molecule has 0 aliphatic heterocycles. The van der Waals surface area contributed by atoms with Gasteiger partial charge in [-0.2, -0.15) is 0 Å². The first kappa shape index (κ1) is 7.07. The van der Waals surface area contributed by atoms with Crippen molar-refractivity contribution in [1.82, 2.24) is 0 Å². The molecule has 0 radical (unpaired) electrons. The Hall–Kier alpha value is -0.0400. The van der Waals surface area contributed by atoms with Crippen LogP contribution in [0.1, 0.15) is 39.0 Å². The van der Waals surface area contributed by atoms with Crippen molar-refractivity contribution in [3.05, 3.63) is 0 Å². The Balaban J connectivity index is 1.81. The number of nitrogens with two attached hydrogens (primary N) is 1. The van der Waals surface area contributed by atoms with Crippen molar-refractivity contribution in [3.8, 4) is 0 Å². The third-order valence-corrected chi connectivity index (χ3v) is 1.97. The monoisotopic (exact) mass is 127 g/mol. The molecule has 1 aliphatic rings. The van der Waals surface area contributed by atoms with Gasteiger partial charge in [0.2, 0.25) is 0 Å². The Kier molecular flexibility index (Phi) is 2.52. The van der Waals surface area contributed by atoms with Crippen molar-refractivity contribution in [1.29, 1.82) is 0 Å². The zero-order valence-corrected chi connectivity index (χ0v) is 6.27. The van der Waals surface area contributed by atoms with Gasteiger partial charge in [-0.1, -0.05) is 25.7 Å². The molecule has 0 aromatic carbocycles. The van der Waals surface area contributed by atoms with E-state index in [4.69, 9.17) is 5.73 Å². The summed E-state index contributed by atoms with van der Waals surface area (Å²) in [6.45, 7) is 2.09. The van der Waals surface area contributed by atoms with Crippen LogP contribution in [0.5, 0.6) is 0 Å². The molecule has 2 N–H and O–H groups in total. The Morgan fingerprint density at radius 2 is 2.22 bits per heavy atom. The maximum Gasteiger partial charge on any atom is 0.00104 e. The first-order chi connectivity index (χ1) is 4.29. The third-order valence-electron chi connectivity index (χ3n) is 1.97. The lowest BCUT2D eigenvalue weighted by molar-refractivity contribution is 0.570. The van der Waals surface area contributed by atoms with Gasteiger partial charge in [-0.25, -0.2) is 0 Å². The van der Waals surface area contributed by atoms with Crippen LogP contribution in [0, 0.1) is 5.92 Å². The first-order valence-electron chi connectivity index (χ1n) is 4.04. The maximum atomic E-state index is 5.60. The molecule has 0 spiro atoms. The van der Waals surface area contributed by atoms with Gasteiger partial charge in [0.25, 0.3) is 0 Å². The second-order valence-corrected chi connectivity index (χ2v) is 3.35. The van der Waals surface area contributed by atoms with Gasteiger partial charge in [0.1, 0.15) is 0 Å². The van der Waals surface area contributed by atoms with E-state index in [1.165, 1.54) is 32.1 Å². The summed E-state index contributed by atoms with van der Waals surface area (Å²) in [6, 6.07) is 0.420. The van der Waals surface area contributed by atoms with Crippen LogP contribution in [0.3, 0.4) is 0 Å². The van der Waals surface area contributed by atoms with Gasteiger partial charge < -0.3 is 5.73 Å². The molecule has 0 amide bonds. The van der Waals surface area contributed by atoms with E-state index in [2.05, 4.69) is 6.92 Å². The molecule has 1 heteroatoms. The molecular weight excluding hydrogens is 110 g/mol. The van der Waals surface area contributed by atoms with Crippen LogP contribution in [-0.2, 0) is 0 Å². The molecule has 0 heterocycles. The van der Waals surface area contributed by atoms with Gasteiger partial charge in [-0.3, -0.25) is 0 Å². The average Bonchev–Trinajstić information content (AvgIpc) is 2.48. The van der Waals surface area contributed by atoms with E-state index in [-0.39, 0.29) is 0 Å². The van der Waals surface area contributed by atoms with Crippen LogP contribution in [0.2, 0.25) is 0 Å². The molecule has 0 bridgehead atoms. The molecule has 1 rings (SSSR count). The second-order valence-electron chi connectivity index (χ2n) is 3.35. The number of hydrogen-bond acceptors (Lipinski definition) is 1. The van der Waals surface area contributed by atoms with Gasteiger partial charge in [0.15, 0.2) is 0 Å². The maximum absolute atomic E-state index is 5.60. The second kappa shape index (κ2) is 3.21. The fraction of sp³-hybridized carbons (Fsp3) is 1.00. The molecule has 1 aliphatic carbocycles. The lowest BCUT2D eigenvalue weighted by Gasteiger charge is -2.01. The molecular formula is C8H17N. The summed E-state index contributed by atoms with van der Waals surface area (Å²) >= 11 is 0. The molecule has 1 atom stereocenters. The summed E-state index contributed by atoms with van der Waals surface area (Å²) in [5.74, 6) is 1.09. The Morgan fingerprint density at radius 3 is 2.67 bits per heavy atom. The van der Waals surface area contributed by atoms with Crippen LogP contribution in [0.15, 0.2) is 0 Å². The average molecular weight is 127 g/mol. The van der Waals surface area contributed by atoms with Gasteiger partial charge in [0, 0.05) is 6.04 Å². The van der Waals surface area contributed by atoms with E-state index >= 15 is 0 Å². The lowest BCUT2D eigenvalue weighted by atomic mass is 10.1. The lowest BCUT2D eigenvalue weighted by Crippen LogP contribution is -2.13. The predicted molar refractivity (Wildman–Crippen MR) is 40.2 cm³/mol. The van der Waals surface area contributed by atoms with Crippen molar-refractivity contribution < 1.29 is 0 Å². The quantitative estimate of drug-likeness (QED) is 0.613. The highest BCUT2D eigenvalue weighted by Gasteiger charge is 2.19. The SMILES string of the molecule is C[C@H](N)CCCC1CC1. The highest BCUT2D eigenvalue weighted by molar-refractivity contribution is 4.73. The molecule has 1 fully saturated rings. The minimum absolute atomic E-state index is 0.420. The van der Waals surface area contributed by atoms with E-state index in [1.54, 1.807) is 0 Å². The summed E-state index contributed by atoms with van der Waals surface area (Å²) in [5, 5.41) is 0. The normalized spacial score (nSPS) is 22.0. The van der Waals surface area contributed by atoms with Crippen molar-refractivity contribution in [2.24, 2.45) is 11.7 Å². The minimum Gasteiger partial charge on any atom is -0.328 e. The standard InChI is InChI=1S/C8H17N/c1-7(9)3-2-4-8-5-6-8/h7-8H,2-6,9H2,1H3/t7-/m0/s1. The van der Waals surface area contributed by atoms with Gasteiger partial charge in [-0.05, 0) is 19.3 Å². The summed E-state index contributed by atoms with van der Waals surface area (Å²) < 4.78 is 0. The fourth-order valence-electron chi connectivity index (χ4n) is 1.14. The van der Waals surface area contributed by atoms with Crippen molar-refractivity contribution in [3.63, 3.8) is 0 Å². The van der Waals surface area contributed by atoms with Crippen LogP contribution >= 0.6 is 0 Å². The minimum atomic E-state index is 0.420. The summed E-state index contributed by atoms with van der Waals surface area (Å²) in [5.41, 5.74) is 5.60. The summed E-state index contributed by atoms with van der Waals surface area (Å²) in [7, 11) is 0. The predicted octanol–water partition coefficient (Wildman–Crippen LogP) is 1.91. The highest BCUT2D eigenvalue weighted by Crippen LogP contribution is 2.33. The van der Waals surface area contributed by atoms with Crippen LogP contribution < -0.4 is 5.73 Å². The number of rotatable bonds is 4. The molecule has 9 heavy (non-hydrogen) atoms. The largest absolute Gasteiger partial charge is 0.328 e. The Morgan fingerprint density at radius 1 is 1.56 bits per heavy atom. The fourth-order valence-corrected chi connectivity index (χ4v) is 1.14. The summed E-state index contributed by atoms with van der Waals surface area (Å²) in [6.07, 6.45) is 6.97. The van der Waals surface area contributed by atoms with Crippen LogP contribution in [0.25, 0.3) is 0 Å². The molecule has 1 saturated carbocycles. The van der Waals surface area contributed by atoms with Crippen molar-refractivity contribution in [2.45, 2.75) is 45.1 Å². The van der Waals surface area contributed by atoms with Gasteiger partial charge in [0.05, 0.1) is 0 Å². The smallest absolute Gasteiger partial charge is 0.00104 e. The molecule has 0 unspecified atom stereocenters. The van der Waals surface area contributed by atoms with E-state index in [1.807, 2.05) is 0 Å². The zero-order chi connectivity index (χ0) is 6.69. The molecule has 0 aromatic rings. The Labute approximate surface area is 57.6 Å². The molecule has 54 valence electrons. The zero-order valence-electron chi connectivity index (χ0n) is 6.27. The summed E-state index contributed by atoms with van der Waals surface area (Å²) in [4.78, 5) is 0. The molecule has 0 aromatic heterocycles. The van der Waals surface area contributed by atoms with Gasteiger partial charge >= 0.3 is 0 Å². The molecule has 0 saturated heterocycles. The number of hydrogen-bond donors (Lipinski definition) is 1. The van der Waals surface area contributed by atoms with Crippen LogP contribution in [0.4, 0.5) is 0 Å². The van der Waals surface area contributed by atoms with Crippen molar-refractivity contribution >= 4 is 0 Å². The van der Waals surface area contributed by atoms with E-state index in [0.717, 1.165) is 5.92 Å². The van der Waals surface area contributed by atoms with Gasteiger partial charge in [-0.15, -0.1) is 0 Å². The van der Waals surface area contributed by atoms with Crippen LogP contribution in [-0.4, -0.2) is 6.04 Å². The first-order valence-corrected chi connectivity index (χ1v) is 4.04. The van der Waals surface area contributed by atoms with Crippen molar-refractivity contribution in [2.75, 3.05) is 0 Å².